The van der Waals surface area contributed by atoms with Crippen LogP contribution < -0.4 is 5.32 Å². The average Bonchev–Trinajstić information content (AvgIpc) is 2.08. The highest BCUT2D eigenvalue weighted by Gasteiger charge is 2.07. The van der Waals surface area contributed by atoms with Crippen LogP contribution in [0.25, 0.3) is 0 Å². The molecule has 0 aliphatic heterocycles. The van der Waals surface area contributed by atoms with Crippen molar-refractivity contribution in [2.75, 3.05) is 7.05 Å². The first-order valence-corrected chi connectivity index (χ1v) is 3.56. The minimum atomic E-state index is -0.635. The number of carbonyl (C=O) groups excluding carboxylic acids is 1. The van der Waals surface area contributed by atoms with Gasteiger partial charge >= 0.3 is 0 Å². The maximum absolute atomic E-state index is 12.5. The van der Waals surface area contributed by atoms with Crippen LogP contribution in [0.2, 0.25) is 5.02 Å². The first-order valence-electron chi connectivity index (χ1n) is 3.18. The van der Waals surface area contributed by atoms with E-state index in [0.29, 0.717) is 0 Å². The molecule has 5 heteroatoms. The molecule has 1 aromatic rings. The van der Waals surface area contributed by atoms with Crippen molar-refractivity contribution in [3.63, 3.8) is 0 Å². The summed E-state index contributed by atoms with van der Waals surface area (Å²) in [6.07, 6.45) is 0.910. The van der Waals surface area contributed by atoms with Crippen LogP contribution in [-0.2, 0) is 0 Å². The highest BCUT2D eigenvalue weighted by molar-refractivity contribution is 6.31. The molecule has 1 amide bonds. The van der Waals surface area contributed by atoms with Crippen molar-refractivity contribution in [2.45, 2.75) is 0 Å². The highest BCUT2D eigenvalue weighted by atomic mass is 35.5. The molecule has 0 fully saturated rings. The summed E-state index contributed by atoms with van der Waals surface area (Å²) in [5.74, 6) is -1.03. The monoisotopic (exact) mass is 188 g/mol. The number of halogens is 2. The van der Waals surface area contributed by atoms with Crippen molar-refractivity contribution in [3.05, 3.63) is 28.8 Å². The van der Waals surface area contributed by atoms with Crippen molar-refractivity contribution in [3.8, 4) is 0 Å². The zero-order valence-electron chi connectivity index (χ0n) is 6.27. The van der Waals surface area contributed by atoms with Gasteiger partial charge in [0.25, 0.3) is 5.91 Å². The number of hydrogen-bond acceptors (Lipinski definition) is 2. The van der Waals surface area contributed by atoms with Crippen LogP contribution in [-0.4, -0.2) is 17.9 Å². The van der Waals surface area contributed by atoms with Crippen molar-refractivity contribution in [1.29, 1.82) is 0 Å². The number of nitrogens with zero attached hydrogens (tertiary/aromatic N) is 1. The van der Waals surface area contributed by atoms with E-state index in [1.165, 1.54) is 13.1 Å². The Morgan fingerprint density at radius 1 is 1.75 bits per heavy atom. The third kappa shape index (κ3) is 1.71. The van der Waals surface area contributed by atoms with Crippen molar-refractivity contribution in [2.24, 2.45) is 0 Å². The van der Waals surface area contributed by atoms with Gasteiger partial charge in [0.05, 0.1) is 11.2 Å². The Hall–Kier alpha value is -1.16. The van der Waals surface area contributed by atoms with Gasteiger partial charge in [-0.2, -0.15) is 0 Å². The van der Waals surface area contributed by atoms with Gasteiger partial charge in [0.15, 0.2) is 5.82 Å². The zero-order valence-corrected chi connectivity index (χ0v) is 7.02. The first-order chi connectivity index (χ1) is 5.65. The maximum Gasteiger partial charge on any atom is 0.269 e. The van der Waals surface area contributed by atoms with Gasteiger partial charge in [-0.3, -0.25) is 4.79 Å². The van der Waals surface area contributed by atoms with E-state index in [2.05, 4.69) is 10.3 Å². The number of carbonyl (C=O) groups is 1. The predicted molar refractivity (Wildman–Crippen MR) is 42.6 cm³/mol. The second-order valence-corrected chi connectivity index (χ2v) is 2.47. The van der Waals surface area contributed by atoms with Crippen molar-refractivity contribution in [1.82, 2.24) is 10.3 Å². The number of pyridine rings is 1. The standard InChI is InChI=1S/C7H6ClFN2O/c1-10-7(12)6-2-4(8)5(9)3-11-6/h2-3H,1H3,(H,10,12). The fraction of sp³-hybridized carbons (Fsp3) is 0.143. The molecular formula is C7H6ClFN2O. The van der Waals surface area contributed by atoms with Crippen LogP contribution in [0.3, 0.4) is 0 Å². The molecule has 12 heavy (non-hydrogen) atoms. The number of aromatic nitrogens is 1. The predicted octanol–water partition coefficient (Wildman–Crippen LogP) is 1.23. The van der Waals surface area contributed by atoms with E-state index >= 15 is 0 Å². The molecule has 0 aliphatic carbocycles. The zero-order chi connectivity index (χ0) is 9.14. The largest absolute Gasteiger partial charge is 0.354 e. The Balaban J connectivity index is 3.05. The lowest BCUT2D eigenvalue weighted by atomic mass is 10.3. The quantitative estimate of drug-likeness (QED) is 0.721. The SMILES string of the molecule is CNC(=O)c1cc(Cl)c(F)cn1. The van der Waals surface area contributed by atoms with Gasteiger partial charge in [-0.1, -0.05) is 11.6 Å². The molecule has 0 atom stereocenters. The number of nitrogens with one attached hydrogen (secondary N) is 1. The van der Waals surface area contributed by atoms with E-state index in [4.69, 9.17) is 11.6 Å². The molecule has 0 saturated heterocycles. The fourth-order valence-corrected chi connectivity index (χ4v) is 0.819. The third-order valence-electron chi connectivity index (χ3n) is 1.27. The van der Waals surface area contributed by atoms with Gasteiger partial charge in [0.1, 0.15) is 5.69 Å². The Labute approximate surface area is 73.6 Å². The molecule has 0 aromatic carbocycles. The van der Waals surface area contributed by atoms with Gasteiger partial charge in [-0.25, -0.2) is 9.37 Å². The summed E-state index contributed by atoms with van der Waals surface area (Å²) in [6, 6.07) is 1.18. The van der Waals surface area contributed by atoms with E-state index in [1.54, 1.807) is 0 Å². The van der Waals surface area contributed by atoms with Gasteiger partial charge in [-0.15, -0.1) is 0 Å². The number of amides is 1. The lowest BCUT2D eigenvalue weighted by Crippen LogP contribution is -2.19. The second-order valence-electron chi connectivity index (χ2n) is 2.06. The van der Waals surface area contributed by atoms with Gasteiger partial charge in [0.2, 0.25) is 0 Å². The minimum absolute atomic E-state index is 0.101. The van der Waals surface area contributed by atoms with E-state index in [-0.39, 0.29) is 10.7 Å². The summed E-state index contributed by atoms with van der Waals surface area (Å²) in [7, 11) is 1.46. The molecule has 0 spiro atoms. The molecule has 0 saturated carbocycles. The van der Waals surface area contributed by atoms with Gasteiger partial charge < -0.3 is 5.32 Å². The second kappa shape index (κ2) is 3.49. The topological polar surface area (TPSA) is 42.0 Å². The number of hydrogen-bond donors (Lipinski definition) is 1. The van der Waals surface area contributed by atoms with Gasteiger partial charge in [-0.05, 0) is 6.07 Å². The molecule has 0 aliphatic rings. The summed E-state index contributed by atoms with van der Waals surface area (Å²) < 4.78 is 12.5. The van der Waals surface area contributed by atoms with Crippen LogP contribution in [0, 0.1) is 5.82 Å². The molecule has 64 valence electrons. The smallest absolute Gasteiger partial charge is 0.269 e. The Kier molecular flexibility index (Phi) is 2.60. The molecule has 3 nitrogen and oxygen atoms in total. The molecule has 1 rings (SSSR count). The Morgan fingerprint density at radius 2 is 2.42 bits per heavy atom. The molecule has 0 bridgehead atoms. The summed E-state index contributed by atoms with van der Waals surface area (Å²) in [6.45, 7) is 0. The van der Waals surface area contributed by atoms with Crippen LogP contribution in [0.15, 0.2) is 12.3 Å². The molecule has 1 heterocycles. The molecule has 1 aromatic heterocycles. The van der Waals surface area contributed by atoms with Crippen molar-refractivity contribution >= 4 is 17.5 Å². The maximum atomic E-state index is 12.5. The van der Waals surface area contributed by atoms with Crippen LogP contribution in [0.4, 0.5) is 4.39 Å². The minimum Gasteiger partial charge on any atom is -0.354 e. The van der Waals surface area contributed by atoms with Crippen molar-refractivity contribution < 1.29 is 9.18 Å². The van der Waals surface area contributed by atoms with Crippen LogP contribution >= 0.6 is 11.6 Å². The molecular weight excluding hydrogens is 183 g/mol. The summed E-state index contributed by atoms with van der Waals surface area (Å²) >= 11 is 5.42. The molecule has 0 unspecified atom stereocenters. The van der Waals surface area contributed by atoms with E-state index < -0.39 is 11.7 Å². The summed E-state index contributed by atoms with van der Waals surface area (Å²) in [4.78, 5) is 14.5. The first kappa shape index (κ1) is 8.93. The Bertz CT molecular complexity index is 316. The van der Waals surface area contributed by atoms with E-state index in [0.717, 1.165) is 6.20 Å². The normalized spacial score (nSPS) is 9.58. The van der Waals surface area contributed by atoms with E-state index in [1.807, 2.05) is 0 Å². The fourth-order valence-electron chi connectivity index (χ4n) is 0.666. The lowest BCUT2D eigenvalue weighted by Gasteiger charge is -1.98. The molecule has 1 N–H and O–H groups in total. The van der Waals surface area contributed by atoms with Gasteiger partial charge in [0, 0.05) is 7.05 Å². The third-order valence-corrected chi connectivity index (χ3v) is 1.56. The highest BCUT2D eigenvalue weighted by Crippen LogP contribution is 2.13. The summed E-state index contributed by atoms with van der Waals surface area (Å²) in [5, 5.41) is 2.24. The molecule has 0 radical (unpaired) electrons. The van der Waals surface area contributed by atoms with E-state index in [9.17, 15) is 9.18 Å². The van der Waals surface area contributed by atoms with Crippen LogP contribution in [0.1, 0.15) is 10.5 Å². The average molecular weight is 189 g/mol. The summed E-state index contributed by atoms with van der Waals surface area (Å²) in [5.41, 5.74) is 0.101. The van der Waals surface area contributed by atoms with Crippen LogP contribution in [0.5, 0.6) is 0 Å². The number of rotatable bonds is 1. The lowest BCUT2D eigenvalue weighted by molar-refractivity contribution is 0.0958. The Morgan fingerprint density at radius 3 is 2.92 bits per heavy atom.